The molecule has 1 aromatic carbocycles. The lowest BCUT2D eigenvalue weighted by Crippen LogP contribution is -2.52. The topological polar surface area (TPSA) is 69.7 Å². The van der Waals surface area contributed by atoms with E-state index in [0.29, 0.717) is 10.6 Å². The number of rotatable bonds is 3. The van der Waals surface area contributed by atoms with E-state index in [1.807, 2.05) is 0 Å². The van der Waals surface area contributed by atoms with Gasteiger partial charge in [0.2, 0.25) is 11.8 Å². The largest absolute Gasteiger partial charge is 0.337 e. The number of halogens is 2. The first-order chi connectivity index (χ1) is 11.4. The van der Waals surface area contributed by atoms with Gasteiger partial charge in [-0.3, -0.25) is 14.9 Å². The Morgan fingerprint density at radius 2 is 2.12 bits per heavy atom. The van der Waals surface area contributed by atoms with Crippen molar-refractivity contribution in [3.05, 3.63) is 34.9 Å². The Labute approximate surface area is 143 Å². The quantitative estimate of drug-likeness (QED) is 0.898. The van der Waals surface area contributed by atoms with E-state index in [0.717, 1.165) is 0 Å². The Morgan fingerprint density at radius 1 is 1.33 bits per heavy atom. The molecule has 24 heavy (non-hydrogen) atoms. The zero-order valence-electron chi connectivity index (χ0n) is 12.9. The number of alkyl halides is 1. The zero-order chi connectivity index (χ0) is 17.3. The highest BCUT2D eigenvalue weighted by atomic mass is 35.5. The van der Waals surface area contributed by atoms with Crippen LogP contribution in [-0.4, -0.2) is 53.8 Å². The van der Waals surface area contributed by atoms with Gasteiger partial charge in [0, 0.05) is 31.0 Å². The molecule has 128 valence electrons. The highest BCUT2D eigenvalue weighted by Gasteiger charge is 2.42. The molecule has 0 aromatic heterocycles. The highest BCUT2D eigenvalue weighted by Crippen LogP contribution is 2.37. The summed E-state index contributed by atoms with van der Waals surface area (Å²) in [5, 5.41) is 2.61. The summed E-state index contributed by atoms with van der Waals surface area (Å²) in [6.07, 6.45) is 0.346. The SMILES string of the molecule is O=C1CCN(CC(=O)N2CC[C@](F)(c3cccc(Cl)c3)C2)C(=O)N1. The average Bonchev–Trinajstić information content (AvgIpc) is 2.94. The molecule has 8 heteroatoms. The number of nitrogens with one attached hydrogen (secondary N) is 1. The maximum Gasteiger partial charge on any atom is 0.324 e. The van der Waals surface area contributed by atoms with Gasteiger partial charge in [-0.15, -0.1) is 0 Å². The molecule has 2 heterocycles. The molecule has 2 fully saturated rings. The Hall–Kier alpha value is -2.15. The minimum absolute atomic E-state index is 0.0689. The zero-order valence-corrected chi connectivity index (χ0v) is 13.7. The van der Waals surface area contributed by atoms with Gasteiger partial charge in [-0.05, 0) is 17.7 Å². The molecule has 0 spiro atoms. The number of benzene rings is 1. The number of carbonyl (C=O) groups is 3. The van der Waals surface area contributed by atoms with Crippen molar-refractivity contribution < 1.29 is 18.8 Å². The van der Waals surface area contributed by atoms with Crippen molar-refractivity contribution in [1.82, 2.24) is 15.1 Å². The normalized spacial score (nSPS) is 24.2. The first-order valence-electron chi connectivity index (χ1n) is 7.69. The molecule has 1 N–H and O–H groups in total. The van der Waals surface area contributed by atoms with Crippen molar-refractivity contribution >= 4 is 29.4 Å². The van der Waals surface area contributed by atoms with E-state index < -0.39 is 11.7 Å². The molecule has 2 aliphatic heterocycles. The summed E-state index contributed by atoms with van der Waals surface area (Å²) in [6.45, 7) is 0.237. The third-order valence-electron chi connectivity index (χ3n) is 4.38. The van der Waals surface area contributed by atoms with Crippen molar-refractivity contribution in [3.8, 4) is 0 Å². The third-order valence-corrected chi connectivity index (χ3v) is 4.62. The number of hydrogen-bond acceptors (Lipinski definition) is 3. The van der Waals surface area contributed by atoms with Gasteiger partial charge in [-0.2, -0.15) is 0 Å². The van der Waals surface area contributed by atoms with Crippen LogP contribution in [0.15, 0.2) is 24.3 Å². The van der Waals surface area contributed by atoms with Gasteiger partial charge in [-0.25, -0.2) is 9.18 Å². The highest BCUT2D eigenvalue weighted by molar-refractivity contribution is 6.30. The van der Waals surface area contributed by atoms with Gasteiger partial charge in [0.15, 0.2) is 5.67 Å². The fraction of sp³-hybridized carbons (Fsp3) is 0.438. The lowest BCUT2D eigenvalue weighted by molar-refractivity contribution is -0.132. The standard InChI is InChI=1S/C16H17ClFN3O3/c17-12-3-1-2-11(8-12)16(18)5-7-21(10-16)14(23)9-20-6-4-13(22)19-15(20)24/h1-3,8H,4-7,9-10H2,(H,19,22,24)/t16-/m1/s1. The van der Waals surface area contributed by atoms with E-state index in [2.05, 4.69) is 5.32 Å². The van der Waals surface area contributed by atoms with Gasteiger partial charge < -0.3 is 9.80 Å². The molecule has 0 aliphatic carbocycles. The van der Waals surface area contributed by atoms with E-state index in [1.165, 1.54) is 9.80 Å². The molecular formula is C16H17ClFN3O3. The van der Waals surface area contributed by atoms with E-state index in [9.17, 15) is 14.4 Å². The molecule has 2 aliphatic rings. The van der Waals surface area contributed by atoms with Crippen LogP contribution < -0.4 is 5.32 Å². The summed E-state index contributed by atoms with van der Waals surface area (Å²) in [5.41, 5.74) is -1.19. The van der Waals surface area contributed by atoms with Gasteiger partial charge in [0.05, 0.1) is 6.54 Å². The van der Waals surface area contributed by atoms with Crippen molar-refractivity contribution in [2.24, 2.45) is 0 Å². The number of nitrogens with zero attached hydrogens (tertiary/aromatic N) is 2. The second kappa shape index (κ2) is 6.39. The van der Waals surface area contributed by atoms with Crippen LogP contribution in [0.4, 0.5) is 9.18 Å². The van der Waals surface area contributed by atoms with Crippen molar-refractivity contribution in [2.45, 2.75) is 18.5 Å². The summed E-state index contributed by atoms with van der Waals surface area (Å²) >= 11 is 5.92. The number of hydrogen-bond donors (Lipinski definition) is 1. The lowest BCUT2D eigenvalue weighted by Gasteiger charge is -2.28. The maximum atomic E-state index is 15.2. The first kappa shape index (κ1) is 16.7. The molecule has 4 amide bonds. The summed E-state index contributed by atoms with van der Waals surface area (Å²) in [5.74, 6) is -0.686. The molecule has 0 radical (unpaired) electrons. The van der Waals surface area contributed by atoms with Crippen LogP contribution in [0.1, 0.15) is 18.4 Å². The minimum Gasteiger partial charge on any atom is -0.337 e. The molecule has 2 saturated heterocycles. The van der Waals surface area contributed by atoms with Gasteiger partial charge >= 0.3 is 6.03 Å². The van der Waals surface area contributed by atoms with Crippen LogP contribution in [0, 0.1) is 0 Å². The van der Waals surface area contributed by atoms with Gasteiger partial charge in [0.25, 0.3) is 0 Å². The third kappa shape index (κ3) is 3.36. The molecule has 3 rings (SSSR count). The van der Waals surface area contributed by atoms with Crippen LogP contribution in [0.2, 0.25) is 5.02 Å². The van der Waals surface area contributed by atoms with Crippen molar-refractivity contribution in [1.29, 1.82) is 0 Å². The summed E-state index contributed by atoms with van der Waals surface area (Å²) in [4.78, 5) is 37.8. The summed E-state index contributed by atoms with van der Waals surface area (Å²) in [6, 6.07) is 5.99. The van der Waals surface area contributed by atoms with Crippen LogP contribution in [0.5, 0.6) is 0 Å². The molecule has 0 bridgehead atoms. The van der Waals surface area contributed by atoms with E-state index in [-0.39, 0.29) is 50.8 Å². The number of urea groups is 1. The van der Waals surface area contributed by atoms with Crippen molar-refractivity contribution in [3.63, 3.8) is 0 Å². The minimum atomic E-state index is -1.64. The summed E-state index contributed by atoms with van der Waals surface area (Å²) < 4.78 is 15.2. The molecule has 0 unspecified atom stereocenters. The van der Waals surface area contributed by atoms with Crippen molar-refractivity contribution in [2.75, 3.05) is 26.2 Å². The van der Waals surface area contributed by atoms with E-state index in [4.69, 9.17) is 11.6 Å². The van der Waals surface area contributed by atoms with Crippen LogP contribution in [0.25, 0.3) is 0 Å². The second-order valence-electron chi connectivity index (χ2n) is 6.07. The number of likely N-dealkylation sites (tertiary alicyclic amines) is 1. The second-order valence-corrected chi connectivity index (χ2v) is 6.50. The van der Waals surface area contributed by atoms with E-state index >= 15 is 4.39 Å². The molecular weight excluding hydrogens is 337 g/mol. The Kier molecular flexibility index (Phi) is 4.45. The Morgan fingerprint density at radius 3 is 2.83 bits per heavy atom. The molecule has 1 aromatic rings. The first-order valence-corrected chi connectivity index (χ1v) is 8.07. The van der Waals surface area contributed by atoms with Gasteiger partial charge in [-0.1, -0.05) is 23.7 Å². The maximum absolute atomic E-state index is 15.2. The number of amides is 4. The van der Waals surface area contributed by atoms with Gasteiger partial charge in [0.1, 0.15) is 6.54 Å². The summed E-state index contributed by atoms with van der Waals surface area (Å²) in [7, 11) is 0. The number of carbonyl (C=O) groups excluding carboxylic acids is 3. The van der Waals surface area contributed by atoms with Crippen LogP contribution in [0.3, 0.4) is 0 Å². The monoisotopic (exact) mass is 353 g/mol. The smallest absolute Gasteiger partial charge is 0.324 e. The fourth-order valence-electron chi connectivity index (χ4n) is 3.00. The Balaban J connectivity index is 1.64. The molecule has 0 saturated carbocycles. The fourth-order valence-corrected chi connectivity index (χ4v) is 3.19. The Bertz CT molecular complexity index is 699. The molecule has 1 atom stereocenters. The lowest BCUT2D eigenvalue weighted by atomic mass is 9.95. The molecule has 6 nitrogen and oxygen atoms in total. The predicted octanol–water partition coefficient (Wildman–Crippen LogP) is 1.68. The van der Waals surface area contributed by atoms with Crippen LogP contribution in [-0.2, 0) is 15.3 Å². The average molecular weight is 354 g/mol. The predicted molar refractivity (Wildman–Crippen MR) is 85.2 cm³/mol. The van der Waals surface area contributed by atoms with E-state index in [1.54, 1.807) is 24.3 Å². The number of imide groups is 1. The van der Waals surface area contributed by atoms with Crippen LogP contribution >= 0.6 is 11.6 Å².